The minimum absolute atomic E-state index is 0.0912. The Hall–Kier alpha value is -1.95. The van der Waals surface area contributed by atoms with Crippen molar-refractivity contribution in [3.8, 4) is 0 Å². The lowest BCUT2D eigenvalue weighted by Gasteiger charge is -2.30. The van der Waals surface area contributed by atoms with Gasteiger partial charge in [-0.3, -0.25) is 15.5 Å². The quantitative estimate of drug-likeness (QED) is 0.678. The van der Waals surface area contributed by atoms with Crippen molar-refractivity contribution in [2.75, 3.05) is 18.5 Å². The summed E-state index contributed by atoms with van der Waals surface area (Å²) in [5.41, 5.74) is 4.99. The molecule has 0 aromatic heterocycles. The molecule has 1 fully saturated rings. The molecule has 1 heterocycles. The Kier molecular flexibility index (Phi) is 4.68. The number of nitro groups is 1. The van der Waals surface area contributed by atoms with E-state index < -0.39 is 4.92 Å². The molecule has 2 rings (SSSR count). The first-order valence-electron chi connectivity index (χ1n) is 6.86. The van der Waals surface area contributed by atoms with Crippen molar-refractivity contribution in [2.24, 2.45) is 5.10 Å². The topological polar surface area (TPSA) is 70.8 Å². The lowest BCUT2D eigenvalue weighted by Crippen LogP contribution is -2.38. The molecule has 0 radical (unpaired) electrons. The molecule has 0 spiro atoms. The zero-order chi connectivity index (χ0) is 14.5. The standard InChI is InChI=1S/C14H20N4O2/c1-11(2)17-9-7-13(8-10-17)16-15-12-3-5-14(6-4-12)18(19)20/h3-6,11,15H,7-10H2,1-2H3. The lowest BCUT2D eigenvalue weighted by molar-refractivity contribution is -0.384. The van der Waals surface area contributed by atoms with Crippen LogP contribution in [-0.4, -0.2) is 34.7 Å². The maximum atomic E-state index is 10.6. The molecular weight excluding hydrogens is 256 g/mol. The third-order valence-corrected chi connectivity index (χ3v) is 3.53. The molecule has 1 N–H and O–H groups in total. The van der Waals surface area contributed by atoms with Crippen molar-refractivity contribution in [1.82, 2.24) is 4.90 Å². The van der Waals surface area contributed by atoms with Gasteiger partial charge in [-0.1, -0.05) is 0 Å². The van der Waals surface area contributed by atoms with Gasteiger partial charge >= 0.3 is 0 Å². The number of hydrogen-bond acceptors (Lipinski definition) is 5. The maximum Gasteiger partial charge on any atom is 0.269 e. The van der Waals surface area contributed by atoms with Crippen LogP contribution in [0.25, 0.3) is 0 Å². The van der Waals surface area contributed by atoms with E-state index in [2.05, 4.69) is 29.3 Å². The van der Waals surface area contributed by atoms with Gasteiger partial charge in [-0.2, -0.15) is 5.10 Å². The van der Waals surface area contributed by atoms with Gasteiger partial charge in [0.25, 0.3) is 5.69 Å². The van der Waals surface area contributed by atoms with Crippen LogP contribution in [0.4, 0.5) is 11.4 Å². The molecule has 1 saturated heterocycles. The van der Waals surface area contributed by atoms with E-state index in [0.717, 1.165) is 37.3 Å². The van der Waals surface area contributed by atoms with Crippen LogP contribution < -0.4 is 5.43 Å². The number of nitrogens with one attached hydrogen (secondary N) is 1. The second-order valence-corrected chi connectivity index (χ2v) is 5.22. The number of nitrogens with zero attached hydrogens (tertiary/aromatic N) is 3. The molecular formula is C14H20N4O2. The number of rotatable bonds is 4. The van der Waals surface area contributed by atoms with Crippen LogP contribution in [0.3, 0.4) is 0 Å². The van der Waals surface area contributed by atoms with Gasteiger partial charge in [-0.15, -0.1) is 0 Å². The van der Waals surface area contributed by atoms with Crippen molar-refractivity contribution in [2.45, 2.75) is 32.7 Å². The van der Waals surface area contributed by atoms with Crippen molar-refractivity contribution < 1.29 is 4.92 Å². The summed E-state index contributed by atoms with van der Waals surface area (Å²) in [6, 6.07) is 6.88. The Labute approximate surface area is 118 Å². The van der Waals surface area contributed by atoms with Crippen LogP contribution in [0.2, 0.25) is 0 Å². The van der Waals surface area contributed by atoms with E-state index in [9.17, 15) is 10.1 Å². The minimum Gasteiger partial charge on any atom is -0.300 e. The molecule has 1 aliphatic rings. The SMILES string of the molecule is CC(C)N1CCC(=NNc2ccc([N+](=O)[O-])cc2)CC1. The second kappa shape index (κ2) is 6.47. The van der Waals surface area contributed by atoms with Crippen LogP contribution in [0.15, 0.2) is 29.4 Å². The average molecular weight is 276 g/mol. The van der Waals surface area contributed by atoms with Gasteiger partial charge in [0.1, 0.15) is 0 Å². The molecule has 0 atom stereocenters. The Morgan fingerprint density at radius 1 is 1.25 bits per heavy atom. The van der Waals surface area contributed by atoms with Crippen molar-refractivity contribution in [3.05, 3.63) is 34.4 Å². The van der Waals surface area contributed by atoms with E-state index in [1.165, 1.54) is 12.1 Å². The first-order valence-corrected chi connectivity index (χ1v) is 6.86. The Morgan fingerprint density at radius 2 is 1.85 bits per heavy atom. The molecule has 0 amide bonds. The van der Waals surface area contributed by atoms with E-state index in [1.54, 1.807) is 12.1 Å². The summed E-state index contributed by atoms with van der Waals surface area (Å²) in [5, 5.41) is 14.9. The summed E-state index contributed by atoms with van der Waals surface area (Å²) >= 11 is 0. The fraction of sp³-hybridized carbons (Fsp3) is 0.500. The molecule has 1 aliphatic heterocycles. The fourth-order valence-corrected chi connectivity index (χ4v) is 2.21. The summed E-state index contributed by atoms with van der Waals surface area (Å²) in [6.07, 6.45) is 1.94. The van der Waals surface area contributed by atoms with E-state index >= 15 is 0 Å². The van der Waals surface area contributed by atoms with Crippen molar-refractivity contribution in [1.29, 1.82) is 0 Å². The molecule has 6 nitrogen and oxygen atoms in total. The number of likely N-dealkylation sites (tertiary alicyclic amines) is 1. The highest BCUT2D eigenvalue weighted by Crippen LogP contribution is 2.16. The van der Waals surface area contributed by atoms with Gasteiger partial charge in [0.2, 0.25) is 0 Å². The normalized spacial score (nSPS) is 16.2. The molecule has 6 heteroatoms. The van der Waals surface area contributed by atoms with Crippen molar-refractivity contribution >= 4 is 17.1 Å². The van der Waals surface area contributed by atoms with E-state index in [-0.39, 0.29) is 5.69 Å². The third kappa shape index (κ3) is 3.77. The van der Waals surface area contributed by atoms with E-state index in [4.69, 9.17) is 0 Å². The van der Waals surface area contributed by atoms with Gasteiger partial charge in [0, 0.05) is 49.8 Å². The first-order chi connectivity index (χ1) is 9.56. The molecule has 1 aromatic carbocycles. The van der Waals surface area contributed by atoms with Gasteiger partial charge in [0.05, 0.1) is 10.6 Å². The zero-order valence-corrected chi connectivity index (χ0v) is 11.9. The van der Waals surface area contributed by atoms with Crippen LogP contribution in [0.5, 0.6) is 0 Å². The largest absolute Gasteiger partial charge is 0.300 e. The van der Waals surface area contributed by atoms with Crippen LogP contribution in [0.1, 0.15) is 26.7 Å². The highest BCUT2D eigenvalue weighted by atomic mass is 16.6. The number of benzene rings is 1. The molecule has 0 bridgehead atoms. The average Bonchev–Trinajstić information content (AvgIpc) is 2.46. The van der Waals surface area contributed by atoms with Crippen LogP contribution in [0, 0.1) is 10.1 Å². The molecule has 0 aliphatic carbocycles. The summed E-state index contributed by atoms with van der Waals surface area (Å²) < 4.78 is 0. The van der Waals surface area contributed by atoms with Gasteiger partial charge in [-0.05, 0) is 26.0 Å². The predicted molar refractivity (Wildman–Crippen MR) is 80.1 cm³/mol. The predicted octanol–water partition coefficient (Wildman–Crippen LogP) is 2.87. The molecule has 0 saturated carbocycles. The fourth-order valence-electron chi connectivity index (χ4n) is 2.21. The van der Waals surface area contributed by atoms with Gasteiger partial charge < -0.3 is 4.90 Å². The Bertz CT molecular complexity index is 486. The van der Waals surface area contributed by atoms with Crippen molar-refractivity contribution in [3.63, 3.8) is 0 Å². The molecule has 1 aromatic rings. The summed E-state index contributed by atoms with van der Waals surface area (Å²) in [4.78, 5) is 12.6. The highest BCUT2D eigenvalue weighted by molar-refractivity contribution is 5.86. The smallest absolute Gasteiger partial charge is 0.269 e. The monoisotopic (exact) mass is 276 g/mol. The highest BCUT2D eigenvalue weighted by Gasteiger charge is 2.16. The molecule has 0 unspecified atom stereocenters. The maximum absolute atomic E-state index is 10.6. The van der Waals surface area contributed by atoms with Crippen LogP contribution >= 0.6 is 0 Å². The number of non-ortho nitro benzene ring substituents is 1. The number of nitro benzene ring substituents is 1. The number of hydrazone groups is 1. The van der Waals surface area contributed by atoms with E-state index in [0.29, 0.717) is 6.04 Å². The number of piperidine rings is 1. The Balaban J connectivity index is 1.88. The Morgan fingerprint density at radius 3 is 2.35 bits per heavy atom. The first kappa shape index (κ1) is 14.5. The third-order valence-electron chi connectivity index (χ3n) is 3.53. The second-order valence-electron chi connectivity index (χ2n) is 5.22. The lowest BCUT2D eigenvalue weighted by atomic mass is 10.1. The summed E-state index contributed by atoms with van der Waals surface area (Å²) in [7, 11) is 0. The molecule has 108 valence electrons. The minimum atomic E-state index is -0.405. The number of hydrogen-bond donors (Lipinski definition) is 1. The number of anilines is 1. The van der Waals surface area contributed by atoms with Gasteiger partial charge in [0.15, 0.2) is 0 Å². The summed E-state index contributed by atoms with van der Waals surface area (Å²) in [6.45, 7) is 6.49. The zero-order valence-electron chi connectivity index (χ0n) is 11.9. The molecule has 20 heavy (non-hydrogen) atoms. The van der Waals surface area contributed by atoms with Crippen LogP contribution in [-0.2, 0) is 0 Å². The summed E-state index contributed by atoms with van der Waals surface area (Å²) in [5.74, 6) is 0. The van der Waals surface area contributed by atoms with Gasteiger partial charge in [-0.25, -0.2) is 0 Å². The van der Waals surface area contributed by atoms with E-state index in [1.807, 2.05) is 0 Å².